The van der Waals surface area contributed by atoms with E-state index in [9.17, 15) is 5.11 Å². The van der Waals surface area contributed by atoms with E-state index in [1.165, 1.54) is 44.1 Å². The van der Waals surface area contributed by atoms with Gasteiger partial charge in [0.2, 0.25) is 0 Å². The van der Waals surface area contributed by atoms with Gasteiger partial charge in [0.05, 0.1) is 6.61 Å². The number of aliphatic hydroxyl groups excluding tert-OH is 1. The van der Waals surface area contributed by atoms with Crippen LogP contribution in [0.5, 0.6) is 0 Å². The molecule has 88 valence electrons. The maximum atomic E-state index is 9.62. The van der Waals surface area contributed by atoms with Gasteiger partial charge < -0.3 is 5.11 Å². The Kier molecular flexibility index (Phi) is 4.41. The molecule has 1 aromatic carbocycles. The second-order valence-corrected chi connectivity index (χ2v) is 4.95. The quantitative estimate of drug-likeness (QED) is 0.766. The molecular formula is C15H22O. The van der Waals surface area contributed by atoms with Crippen molar-refractivity contribution < 1.29 is 5.11 Å². The van der Waals surface area contributed by atoms with E-state index in [2.05, 4.69) is 24.3 Å². The molecule has 1 aliphatic carbocycles. The lowest BCUT2D eigenvalue weighted by Crippen LogP contribution is -2.16. The summed E-state index contributed by atoms with van der Waals surface area (Å²) in [6.07, 6.45) is 8.02. The van der Waals surface area contributed by atoms with Crippen molar-refractivity contribution in [2.24, 2.45) is 5.92 Å². The Hall–Kier alpha value is -0.820. The van der Waals surface area contributed by atoms with Gasteiger partial charge in [-0.25, -0.2) is 0 Å². The van der Waals surface area contributed by atoms with E-state index in [0.717, 1.165) is 0 Å². The molecule has 1 unspecified atom stereocenters. The first kappa shape index (κ1) is 11.7. The summed E-state index contributed by atoms with van der Waals surface area (Å²) in [5, 5.41) is 9.62. The Morgan fingerprint density at radius 3 is 2.19 bits per heavy atom. The van der Waals surface area contributed by atoms with E-state index in [0.29, 0.717) is 18.4 Å². The summed E-state index contributed by atoms with van der Waals surface area (Å²) in [5.74, 6) is 1.05. The largest absolute Gasteiger partial charge is 0.396 e. The average Bonchev–Trinajstić information content (AvgIpc) is 2.61. The number of hydrogen-bond donors (Lipinski definition) is 1. The Labute approximate surface area is 98.5 Å². The molecule has 16 heavy (non-hydrogen) atoms. The molecule has 0 heterocycles. The molecule has 1 aliphatic rings. The van der Waals surface area contributed by atoms with Crippen LogP contribution in [0.1, 0.15) is 50.0 Å². The second-order valence-electron chi connectivity index (χ2n) is 4.95. The molecular weight excluding hydrogens is 196 g/mol. The van der Waals surface area contributed by atoms with Gasteiger partial charge in [-0.3, -0.25) is 0 Å². The highest BCUT2D eigenvalue weighted by molar-refractivity contribution is 5.20. The summed E-state index contributed by atoms with van der Waals surface area (Å²) in [6.45, 7) is 0.300. The highest BCUT2D eigenvalue weighted by atomic mass is 16.3. The SMILES string of the molecule is OCC(c1ccccc1)C1CCCCCC1. The van der Waals surface area contributed by atoms with Crippen LogP contribution < -0.4 is 0 Å². The van der Waals surface area contributed by atoms with E-state index in [1.807, 2.05) is 6.07 Å². The third-order valence-corrected chi connectivity index (χ3v) is 3.89. The van der Waals surface area contributed by atoms with Crippen LogP contribution >= 0.6 is 0 Å². The van der Waals surface area contributed by atoms with Crippen molar-refractivity contribution in [1.29, 1.82) is 0 Å². The molecule has 0 spiro atoms. The predicted molar refractivity (Wildman–Crippen MR) is 67.5 cm³/mol. The minimum absolute atomic E-state index is 0.300. The molecule has 1 fully saturated rings. The summed E-state index contributed by atoms with van der Waals surface area (Å²) in [4.78, 5) is 0. The van der Waals surface area contributed by atoms with Crippen molar-refractivity contribution >= 4 is 0 Å². The van der Waals surface area contributed by atoms with Gasteiger partial charge in [-0.05, 0) is 24.3 Å². The van der Waals surface area contributed by atoms with Crippen LogP contribution in [-0.2, 0) is 0 Å². The van der Waals surface area contributed by atoms with Crippen LogP contribution in [-0.4, -0.2) is 11.7 Å². The topological polar surface area (TPSA) is 20.2 Å². The van der Waals surface area contributed by atoms with E-state index in [-0.39, 0.29) is 0 Å². The lowest BCUT2D eigenvalue weighted by molar-refractivity contribution is 0.214. The zero-order valence-electron chi connectivity index (χ0n) is 9.94. The zero-order valence-corrected chi connectivity index (χ0v) is 9.94. The normalized spacial score (nSPS) is 20.3. The molecule has 1 nitrogen and oxygen atoms in total. The molecule has 0 aliphatic heterocycles. The summed E-state index contributed by atoms with van der Waals surface area (Å²) in [5.41, 5.74) is 1.32. The molecule has 0 bridgehead atoms. The third kappa shape index (κ3) is 2.85. The van der Waals surface area contributed by atoms with Crippen molar-refractivity contribution in [2.45, 2.75) is 44.4 Å². The first-order valence-electron chi connectivity index (χ1n) is 6.57. The molecule has 0 amide bonds. The zero-order chi connectivity index (χ0) is 11.2. The maximum Gasteiger partial charge on any atom is 0.0502 e. The first-order valence-corrected chi connectivity index (χ1v) is 6.57. The predicted octanol–water partition coefficient (Wildman–Crippen LogP) is 3.73. The third-order valence-electron chi connectivity index (χ3n) is 3.89. The Balaban J connectivity index is 2.09. The number of benzene rings is 1. The average molecular weight is 218 g/mol. The first-order chi connectivity index (χ1) is 7.92. The number of hydrogen-bond acceptors (Lipinski definition) is 1. The summed E-state index contributed by atoms with van der Waals surface area (Å²) < 4.78 is 0. The Bertz CT molecular complexity index is 286. The minimum Gasteiger partial charge on any atom is -0.396 e. The van der Waals surface area contributed by atoms with Crippen molar-refractivity contribution in [3.8, 4) is 0 Å². The number of rotatable bonds is 3. The minimum atomic E-state index is 0.300. The molecule has 1 N–H and O–H groups in total. The molecule has 2 rings (SSSR count). The van der Waals surface area contributed by atoms with Crippen molar-refractivity contribution in [2.75, 3.05) is 6.61 Å². The van der Waals surface area contributed by atoms with Gasteiger partial charge in [-0.15, -0.1) is 0 Å². The van der Waals surface area contributed by atoms with Crippen molar-refractivity contribution in [3.05, 3.63) is 35.9 Å². The van der Waals surface area contributed by atoms with E-state index in [1.54, 1.807) is 0 Å². The van der Waals surface area contributed by atoms with Crippen LogP contribution in [0.15, 0.2) is 30.3 Å². The molecule has 1 heteroatoms. The lowest BCUT2D eigenvalue weighted by Gasteiger charge is -2.24. The smallest absolute Gasteiger partial charge is 0.0502 e. The standard InChI is InChI=1S/C15H22O/c16-12-15(14-10-6-3-7-11-14)13-8-4-1-2-5-9-13/h3,6-7,10-11,13,15-16H,1-2,4-5,8-9,12H2. The van der Waals surface area contributed by atoms with Crippen molar-refractivity contribution in [1.82, 2.24) is 0 Å². The molecule has 0 radical (unpaired) electrons. The van der Waals surface area contributed by atoms with Gasteiger partial charge in [-0.2, -0.15) is 0 Å². The fourth-order valence-electron chi connectivity index (χ4n) is 2.94. The van der Waals surface area contributed by atoms with Crippen LogP contribution in [0.2, 0.25) is 0 Å². The Morgan fingerprint density at radius 1 is 1.00 bits per heavy atom. The second kappa shape index (κ2) is 6.05. The van der Waals surface area contributed by atoms with E-state index >= 15 is 0 Å². The van der Waals surface area contributed by atoms with Gasteiger partial charge in [0.15, 0.2) is 0 Å². The van der Waals surface area contributed by atoms with E-state index in [4.69, 9.17) is 0 Å². The molecule has 1 aromatic rings. The summed E-state index contributed by atoms with van der Waals surface area (Å²) in [6, 6.07) is 10.5. The lowest BCUT2D eigenvalue weighted by atomic mass is 9.82. The van der Waals surface area contributed by atoms with Gasteiger partial charge in [-0.1, -0.05) is 56.0 Å². The maximum absolute atomic E-state index is 9.62. The highest BCUT2D eigenvalue weighted by Crippen LogP contribution is 2.34. The fourth-order valence-corrected chi connectivity index (χ4v) is 2.94. The summed E-state index contributed by atoms with van der Waals surface area (Å²) in [7, 11) is 0. The monoisotopic (exact) mass is 218 g/mol. The molecule has 0 saturated heterocycles. The van der Waals surface area contributed by atoms with Gasteiger partial charge in [0.25, 0.3) is 0 Å². The van der Waals surface area contributed by atoms with Crippen molar-refractivity contribution in [3.63, 3.8) is 0 Å². The van der Waals surface area contributed by atoms with Crippen LogP contribution in [0.3, 0.4) is 0 Å². The van der Waals surface area contributed by atoms with E-state index < -0.39 is 0 Å². The summed E-state index contributed by atoms with van der Waals surface area (Å²) >= 11 is 0. The fraction of sp³-hybridized carbons (Fsp3) is 0.600. The molecule has 0 aromatic heterocycles. The van der Waals surface area contributed by atoms with Gasteiger partial charge >= 0.3 is 0 Å². The highest BCUT2D eigenvalue weighted by Gasteiger charge is 2.23. The Morgan fingerprint density at radius 2 is 1.62 bits per heavy atom. The molecule has 1 atom stereocenters. The number of aliphatic hydroxyl groups is 1. The van der Waals surface area contributed by atoms with Gasteiger partial charge in [0, 0.05) is 5.92 Å². The van der Waals surface area contributed by atoms with Crippen LogP contribution in [0.4, 0.5) is 0 Å². The van der Waals surface area contributed by atoms with Crippen LogP contribution in [0, 0.1) is 5.92 Å². The van der Waals surface area contributed by atoms with Crippen LogP contribution in [0.25, 0.3) is 0 Å². The molecule has 1 saturated carbocycles. The van der Waals surface area contributed by atoms with Gasteiger partial charge in [0.1, 0.15) is 0 Å².